The zero-order valence-corrected chi connectivity index (χ0v) is 10.5. The molecule has 0 aliphatic heterocycles. The van der Waals surface area contributed by atoms with Crippen molar-refractivity contribution in [3.05, 3.63) is 34.5 Å². The Bertz CT molecular complexity index is 550. The van der Waals surface area contributed by atoms with Gasteiger partial charge in [-0.15, -0.1) is 10.2 Å². The van der Waals surface area contributed by atoms with Gasteiger partial charge in [-0.25, -0.2) is 4.39 Å². The van der Waals surface area contributed by atoms with Crippen molar-refractivity contribution in [2.24, 2.45) is 0 Å². The van der Waals surface area contributed by atoms with Gasteiger partial charge in [0.1, 0.15) is 17.1 Å². The van der Waals surface area contributed by atoms with Crippen LogP contribution in [0.5, 0.6) is 5.75 Å². The highest BCUT2D eigenvalue weighted by Crippen LogP contribution is 2.24. The first-order valence-electron chi connectivity index (χ1n) is 4.79. The molecule has 0 radical (unpaired) electrons. The number of amides is 1. The summed E-state index contributed by atoms with van der Waals surface area (Å²) in [6.07, 6.45) is 0. The molecule has 18 heavy (non-hydrogen) atoms. The maximum Gasteiger partial charge on any atom is 0.264 e. The van der Waals surface area contributed by atoms with Gasteiger partial charge >= 0.3 is 0 Å². The van der Waals surface area contributed by atoms with Crippen molar-refractivity contribution in [2.75, 3.05) is 11.9 Å². The zero-order chi connectivity index (χ0) is 13.0. The van der Waals surface area contributed by atoms with Crippen LogP contribution in [0.4, 0.5) is 9.52 Å². The van der Waals surface area contributed by atoms with Crippen molar-refractivity contribution in [2.45, 2.75) is 0 Å². The topological polar surface area (TPSA) is 64.1 Å². The van der Waals surface area contributed by atoms with Crippen LogP contribution in [0.2, 0.25) is 5.02 Å². The van der Waals surface area contributed by atoms with Gasteiger partial charge in [-0.05, 0) is 18.2 Å². The number of halogens is 2. The van der Waals surface area contributed by atoms with E-state index in [0.29, 0.717) is 5.13 Å². The molecule has 1 heterocycles. The molecular formula is C10H7ClFN3O2S. The monoisotopic (exact) mass is 287 g/mol. The molecule has 1 aromatic carbocycles. The van der Waals surface area contributed by atoms with Gasteiger partial charge < -0.3 is 4.74 Å². The number of nitrogens with zero attached hydrogens (tertiary/aromatic N) is 2. The van der Waals surface area contributed by atoms with Crippen LogP contribution in [0.15, 0.2) is 23.7 Å². The van der Waals surface area contributed by atoms with Crippen LogP contribution < -0.4 is 10.1 Å². The van der Waals surface area contributed by atoms with Crippen molar-refractivity contribution in [3.63, 3.8) is 0 Å². The van der Waals surface area contributed by atoms with Gasteiger partial charge in [0.2, 0.25) is 5.13 Å². The number of rotatable bonds is 4. The molecule has 5 nitrogen and oxygen atoms in total. The van der Waals surface area contributed by atoms with Crippen LogP contribution in [0.3, 0.4) is 0 Å². The highest BCUT2D eigenvalue weighted by molar-refractivity contribution is 7.13. The van der Waals surface area contributed by atoms with Gasteiger partial charge in [0, 0.05) is 0 Å². The van der Waals surface area contributed by atoms with E-state index in [1.807, 2.05) is 0 Å². The Labute approximate surface area is 111 Å². The maximum absolute atomic E-state index is 12.8. The van der Waals surface area contributed by atoms with Crippen LogP contribution >= 0.6 is 22.9 Å². The lowest BCUT2D eigenvalue weighted by Gasteiger charge is -2.07. The highest BCUT2D eigenvalue weighted by Gasteiger charge is 2.08. The molecular weight excluding hydrogens is 281 g/mol. The first kappa shape index (κ1) is 12.7. The molecule has 0 bridgehead atoms. The summed E-state index contributed by atoms with van der Waals surface area (Å²) in [5, 5.41) is 10.2. The molecule has 1 N–H and O–H groups in total. The fourth-order valence-electron chi connectivity index (χ4n) is 1.12. The minimum absolute atomic E-state index is 0.110. The number of aromatic nitrogens is 2. The van der Waals surface area contributed by atoms with E-state index in [9.17, 15) is 9.18 Å². The van der Waals surface area contributed by atoms with E-state index in [1.54, 1.807) is 0 Å². The van der Waals surface area contributed by atoms with Gasteiger partial charge in [-0.1, -0.05) is 22.9 Å². The van der Waals surface area contributed by atoms with Gasteiger partial charge in [0.15, 0.2) is 6.61 Å². The predicted octanol–water partition coefficient (Wildman–Crippen LogP) is 2.35. The van der Waals surface area contributed by atoms with Crippen LogP contribution in [0.25, 0.3) is 0 Å². The number of hydrogen-bond donors (Lipinski definition) is 1. The Kier molecular flexibility index (Phi) is 4.06. The van der Waals surface area contributed by atoms with E-state index >= 15 is 0 Å². The third-order valence-electron chi connectivity index (χ3n) is 1.86. The predicted molar refractivity (Wildman–Crippen MR) is 65.4 cm³/mol. The quantitative estimate of drug-likeness (QED) is 0.937. The summed E-state index contributed by atoms with van der Waals surface area (Å²) in [4.78, 5) is 11.4. The summed E-state index contributed by atoms with van der Waals surface area (Å²) in [5.74, 6) is -0.622. The fraction of sp³-hybridized carbons (Fsp3) is 0.100. The standard InChI is InChI=1S/C10H7ClFN3O2S/c11-7-3-6(12)1-2-8(7)17-4-9(16)14-10-15-13-5-18-10/h1-3,5H,4H2,(H,14,15,16). The zero-order valence-electron chi connectivity index (χ0n) is 8.89. The minimum atomic E-state index is -0.467. The van der Waals surface area contributed by atoms with Crippen molar-refractivity contribution in [1.29, 1.82) is 0 Å². The van der Waals surface area contributed by atoms with Crippen LogP contribution in [0.1, 0.15) is 0 Å². The number of carbonyl (C=O) groups excluding carboxylic acids is 1. The number of carbonyl (C=O) groups is 1. The lowest BCUT2D eigenvalue weighted by atomic mass is 10.3. The summed E-state index contributed by atoms with van der Waals surface area (Å²) in [6, 6.07) is 3.67. The van der Waals surface area contributed by atoms with Crippen molar-refractivity contribution < 1.29 is 13.9 Å². The van der Waals surface area contributed by atoms with E-state index in [2.05, 4.69) is 15.5 Å². The molecule has 1 amide bonds. The minimum Gasteiger partial charge on any atom is -0.482 e. The van der Waals surface area contributed by atoms with Crippen LogP contribution in [-0.4, -0.2) is 22.7 Å². The van der Waals surface area contributed by atoms with E-state index < -0.39 is 11.7 Å². The van der Waals surface area contributed by atoms with Gasteiger partial charge in [0.05, 0.1) is 5.02 Å². The third-order valence-corrected chi connectivity index (χ3v) is 2.76. The molecule has 2 aromatic rings. The molecule has 0 spiro atoms. The molecule has 0 saturated carbocycles. The Morgan fingerprint density at radius 1 is 1.56 bits per heavy atom. The highest BCUT2D eigenvalue weighted by atomic mass is 35.5. The Hall–Kier alpha value is -1.73. The summed E-state index contributed by atoms with van der Waals surface area (Å²) in [5.41, 5.74) is 1.49. The summed E-state index contributed by atoms with van der Waals surface area (Å²) in [6.45, 7) is -0.245. The van der Waals surface area contributed by atoms with E-state index in [0.717, 1.165) is 6.07 Å². The molecule has 0 aliphatic carbocycles. The molecule has 2 rings (SSSR count). The number of anilines is 1. The SMILES string of the molecule is O=C(COc1ccc(F)cc1Cl)Nc1nncs1. The second-order valence-electron chi connectivity index (χ2n) is 3.16. The largest absolute Gasteiger partial charge is 0.482 e. The molecule has 1 aromatic heterocycles. The molecule has 0 atom stereocenters. The molecule has 0 fully saturated rings. The summed E-state index contributed by atoms with van der Waals surface area (Å²) in [7, 11) is 0. The van der Waals surface area contributed by atoms with E-state index in [4.69, 9.17) is 16.3 Å². The van der Waals surface area contributed by atoms with E-state index in [1.165, 1.54) is 29.0 Å². The third kappa shape index (κ3) is 3.38. The van der Waals surface area contributed by atoms with Crippen molar-refractivity contribution >= 4 is 34.0 Å². The van der Waals surface area contributed by atoms with Crippen LogP contribution in [-0.2, 0) is 4.79 Å². The second kappa shape index (κ2) is 5.74. The number of nitrogens with one attached hydrogen (secondary N) is 1. The average molecular weight is 288 g/mol. The lowest BCUT2D eigenvalue weighted by molar-refractivity contribution is -0.118. The first-order valence-corrected chi connectivity index (χ1v) is 6.05. The van der Waals surface area contributed by atoms with E-state index in [-0.39, 0.29) is 17.4 Å². The molecule has 0 aliphatic rings. The number of benzene rings is 1. The fourth-order valence-corrected chi connectivity index (χ4v) is 1.80. The number of hydrogen-bond acceptors (Lipinski definition) is 5. The lowest BCUT2D eigenvalue weighted by Crippen LogP contribution is -2.20. The molecule has 0 saturated heterocycles. The maximum atomic E-state index is 12.8. The normalized spacial score (nSPS) is 10.1. The Morgan fingerprint density at radius 2 is 2.39 bits per heavy atom. The van der Waals surface area contributed by atoms with Crippen LogP contribution in [0, 0.1) is 5.82 Å². The van der Waals surface area contributed by atoms with Gasteiger partial charge in [-0.3, -0.25) is 10.1 Å². The van der Waals surface area contributed by atoms with Gasteiger partial charge in [0.25, 0.3) is 5.91 Å². The summed E-state index contributed by atoms with van der Waals surface area (Å²) >= 11 is 6.93. The van der Waals surface area contributed by atoms with Crippen molar-refractivity contribution in [1.82, 2.24) is 10.2 Å². The second-order valence-corrected chi connectivity index (χ2v) is 4.40. The van der Waals surface area contributed by atoms with Gasteiger partial charge in [-0.2, -0.15) is 0 Å². The molecule has 94 valence electrons. The molecule has 0 unspecified atom stereocenters. The number of ether oxygens (including phenoxy) is 1. The smallest absolute Gasteiger partial charge is 0.264 e. The Balaban J connectivity index is 1.89. The summed E-state index contributed by atoms with van der Waals surface area (Å²) < 4.78 is 17.9. The average Bonchev–Trinajstić information content (AvgIpc) is 2.80. The first-order chi connectivity index (χ1) is 8.65. The molecule has 8 heteroatoms. The van der Waals surface area contributed by atoms with Crippen molar-refractivity contribution in [3.8, 4) is 5.75 Å². The Morgan fingerprint density at radius 3 is 3.06 bits per heavy atom.